The van der Waals surface area contributed by atoms with Crippen LogP contribution in [0.1, 0.15) is 4.88 Å². The van der Waals surface area contributed by atoms with E-state index in [1.807, 2.05) is 13.0 Å². The van der Waals surface area contributed by atoms with E-state index in [-0.39, 0.29) is 10.6 Å². The third kappa shape index (κ3) is 1.44. The third-order valence-electron chi connectivity index (χ3n) is 2.00. The summed E-state index contributed by atoms with van der Waals surface area (Å²) in [4.78, 5) is 14.6. The summed E-state index contributed by atoms with van der Waals surface area (Å²) < 4.78 is 0. The number of aromatic nitrogens is 1. The molecule has 1 heterocycles. The van der Waals surface area contributed by atoms with Gasteiger partial charge >= 0.3 is 4.87 Å². The number of thiazole rings is 1. The third-order valence-corrected chi connectivity index (χ3v) is 2.80. The average Bonchev–Trinajstić information content (AvgIpc) is 2.46. The Balaban J connectivity index is 2.66. The van der Waals surface area contributed by atoms with Gasteiger partial charge in [-0.15, -0.1) is 0 Å². The fourth-order valence-electron chi connectivity index (χ4n) is 1.35. The summed E-state index contributed by atoms with van der Waals surface area (Å²) >= 11 is 1.15. The standard InChI is InChI=1S/C10H9NO2S/c1-6-9(11-10(13)14-6)7-4-2-3-5-8(7)12/h2-5,12H,1H3,(H,11,13). The second kappa shape index (κ2) is 3.31. The Labute approximate surface area is 84.7 Å². The number of hydrogen-bond donors (Lipinski definition) is 2. The summed E-state index contributed by atoms with van der Waals surface area (Å²) in [5.41, 5.74) is 1.38. The number of aryl methyl sites for hydroxylation is 1. The number of nitrogens with one attached hydrogen (secondary N) is 1. The number of aromatic hydroxyl groups is 1. The van der Waals surface area contributed by atoms with Crippen molar-refractivity contribution in [2.45, 2.75) is 6.92 Å². The Bertz CT molecular complexity index is 513. The van der Waals surface area contributed by atoms with Crippen LogP contribution >= 0.6 is 11.3 Å². The van der Waals surface area contributed by atoms with Crippen molar-refractivity contribution in [3.8, 4) is 17.0 Å². The Morgan fingerprint density at radius 2 is 2.07 bits per heavy atom. The maximum absolute atomic E-state index is 11.1. The molecule has 0 spiro atoms. The molecule has 0 aliphatic heterocycles. The van der Waals surface area contributed by atoms with Gasteiger partial charge in [-0.3, -0.25) is 4.79 Å². The maximum Gasteiger partial charge on any atom is 0.305 e. The van der Waals surface area contributed by atoms with Gasteiger partial charge in [-0.2, -0.15) is 0 Å². The van der Waals surface area contributed by atoms with Crippen LogP contribution in [0, 0.1) is 6.92 Å². The van der Waals surface area contributed by atoms with Crippen molar-refractivity contribution in [3.63, 3.8) is 0 Å². The number of phenols is 1. The van der Waals surface area contributed by atoms with Gasteiger partial charge in [0.2, 0.25) is 0 Å². The van der Waals surface area contributed by atoms with E-state index in [1.54, 1.807) is 18.2 Å². The van der Waals surface area contributed by atoms with E-state index in [4.69, 9.17) is 0 Å². The fourth-order valence-corrected chi connectivity index (χ4v) is 2.04. The molecule has 1 aromatic carbocycles. The topological polar surface area (TPSA) is 53.1 Å². The zero-order chi connectivity index (χ0) is 10.1. The lowest BCUT2D eigenvalue weighted by atomic mass is 10.1. The first-order valence-electron chi connectivity index (χ1n) is 4.16. The number of H-pyrrole nitrogens is 1. The molecule has 2 N–H and O–H groups in total. The summed E-state index contributed by atoms with van der Waals surface area (Å²) in [5.74, 6) is 0.185. The summed E-state index contributed by atoms with van der Waals surface area (Å²) in [6, 6.07) is 6.95. The van der Waals surface area contributed by atoms with Crippen LogP contribution in [0.25, 0.3) is 11.3 Å². The predicted molar refractivity (Wildman–Crippen MR) is 56.8 cm³/mol. The highest BCUT2D eigenvalue weighted by atomic mass is 32.1. The van der Waals surface area contributed by atoms with E-state index in [9.17, 15) is 9.90 Å². The lowest BCUT2D eigenvalue weighted by Crippen LogP contribution is -1.92. The quantitative estimate of drug-likeness (QED) is 0.752. The van der Waals surface area contributed by atoms with Gasteiger partial charge in [0, 0.05) is 10.4 Å². The second-order valence-electron chi connectivity index (χ2n) is 2.96. The smallest absolute Gasteiger partial charge is 0.305 e. The van der Waals surface area contributed by atoms with Crippen molar-refractivity contribution in [2.24, 2.45) is 0 Å². The van der Waals surface area contributed by atoms with Crippen molar-refractivity contribution in [3.05, 3.63) is 38.8 Å². The molecule has 4 heteroatoms. The van der Waals surface area contributed by atoms with E-state index in [0.717, 1.165) is 16.2 Å². The minimum absolute atomic E-state index is 0.0965. The maximum atomic E-state index is 11.1. The Morgan fingerprint density at radius 3 is 2.64 bits per heavy atom. The van der Waals surface area contributed by atoms with Gasteiger partial charge in [0.05, 0.1) is 5.69 Å². The molecule has 0 saturated carbocycles. The lowest BCUT2D eigenvalue weighted by molar-refractivity contribution is 0.477. The molecule has 1 aromatic heterocycles. The Morgan fingerprint density at radius 1 is 1.36 bits per heavy atom. The van der Waals surface area contributed by atoms with Gasteiger partial charge in [0.25, 0.3) is 0 Å². The van der Waals surface area contributed by atoms with Crippen molar-refractivity contribution in [1.82, 2.24) is 4.98 Å². The van der Waals surface area contributed by atoms with Crippen LogP contribution in [-0.2, 0) is 0 Å². The minimum atomic E-state index is -0.0965. The number of benzene rings is 1. The van der Waals surface area contributed by atoms with Crippen molar-refractivity contribution >= 4 is 11.3 Å². The molecule has 2 aromatic rings. The molecule has 0 bridgehead atoms. The average molecular weight is 207 g/mol. The highest BCUT2D eigenvalue weighted by Gasteiger charge is 2.09. The molecule has 72 valence electrons. The van der Waals surface area contributed by atoms with Gasteiger partial charge in [0.1, 0.15) is 5.75 Å². The van der Waals surface area contributed by atoms with E-state index in [0.29, 0.717) is 11.3 Å². The molecule has 3 nitrogen and oxygen atoms in total. The molecule has 0 amide bonds. The number of para-hydroxylation sites is 1. The molecule has 0 unspecified atom stereocenters. The molecule has 0 fully saturated rings. The van der Waals surface area contributed by atoms with Crippen LogP contribution in [0.15, 0.2) is 29.1 Å². The lowest BCUT2D eigenvalue weighted by Gasteiger charge is -2.01. The van der Waals surface area contributed by atoms with Crippen LogP contribution < -0.4 is 4.87 Å². The summed E-state index contributed by atoms with van der Waals surface area (Å²) in [6.45, 7) is 1.85. The summed E-state index contributed by atoms with van der Waals surface area (Å²) in [7, 11) is 0. The molecule has 0 saturated heterocycles. The first-order chi connectivity index (χ1) is 6.68. The van der Waals surface area contributed by atoms with E-state index < -0.39 is 0 Å². The number of phenolic OH excluding ortho intramolecular Hbond substituents is 1. The normalized spacial score (nSPS) is 10.4. The molecule has 0 atom stereocenters. The largest absolute Gasteiger partial charge is 0.507 e. The SMILES string of the molecule is Cc1sc(=O)[nH]c1-c1ccccc1O. The van der Waals surface area contributed by atoms with Gasteiger partial charge in [-0.05, 0) is 19.1 Å². The Hall–Kier alpha value is -1.55. The van der Waals surface area contributed by atoms with Gasteiger partial charge in [-0.25, -0.2) is 0 Å². The van der Waals surface area contributed by atoms with E-state index in [2.05, 4.69) is 4.98 Å². The number of aromatic amines is 1. The van der Waals surface area contributed by atoms with Crippen LogP contribution in [0.2, 0.25) is 0 Å². The van der Waals surface area contributed by atoms with E-state index >= 15 is 0 Å². The van der Waals surface area contributed by atoms with E-state index in [1.165, 1.54) is 0 Å². The predicted octanol–water partition coefficient (Wildman–Crippen LogP) is 2.12. The van der Waals surface area contributed by atoms with Crippen LogP contribution in [0.5, 0.6) is 5.75 Å². The molecule has 0 aliphatic carbocycles. The molecular formula is C10H9NO2S. The number of hydrogen-bond acceptors (Lipinski definition) is 3. The molecular weight excluding hydrogens is 198 g/mol. The molecule has 14 heavy (non-hydrogen) atoms. The van der Waals surface area contributed by atoms with Gasteiger partial charge < -0.3 is 10.1 Å². The molecule has 0 radical (unpaired) electrons. The zero-order valence-corrected chi connectivity index (χ0v) is 8.39. The van der Waals surface area contributed by atoms with Crippen molar-refractivity contribution in [2.75, 3.05) is 0 Å². The molecule has 0 aliphatic rings. The highest BCUT2D eigenvalue weighted by Crippen LogP contribution is 2.29. The monoisotopic (exact) mass is 207 g/mol. The van der Waals surface area contributed by atoms with Crippen LogP contribution in [0.4, 0.5) is 0 Å². The minimum Gasteiger partial charge on any atom is -0.507 e. The zero-order valence-electron chi connectivity index (χ0n) is 7.57. The van der Waals surface area contributed by atoms with Crippen molar-refractivity contribution < 1.29 is 5.11 Å². The van der Waals surface area contributed by atoms with Crippen molar-refractivity contribution in [1.29, 1.82) is 0 Å². The first-order valence-corrected chi connectivity index (χ1v) is 4.98. The number of rotatable bonds is 1. The summed E-state index contributed by atoms with van der Waals surface area (Å²) in [5, 5.41) is 9.58. The molecule has 2 rings (SSSR count). The second-order valence-corrected chi connectivity index (χ2v) is 4.15. The first kappa shape index (κ1) is 9.02. The van der Waals surface area contributed by atoms with Gasteiger partial charge in [0.15, 0.2) is 0 Å². The highest BCUT2D eigenvalue weighted by molar-refractivity contribution is 7.09. The Kier molecular flexibility index (Phi) is 2.13. The van der Waals surface area contributed by atoms with Gasteiger partial charge in [-0.1, -0.05) is 23.5 Å². The van der Waals surface area contributed by atoms with Crippen LogP contribution in [0.3, 0.4) is 0 Å². The fraction of sp³-hybridized carbons (Fsp3) is 0.100. The summed E-state index contributed by atoms with van der Waals surface area (Å²) in [6.07, 6.45) is 0. The van der Waals surface area contributed by atoms with Crippen LogP contribution in [-0.4, -0.2) is 10.1 Å².